The fraction of sp³-hybridized carbons (Fsp3) is 0.115. The minimum atomic E-state index is 0.0792. The summed E-state index contributed by atoms with van der Waals surface area (Å²) in [5, 5.41) is 11.6. The van der Waals surface area contributed by atoms with E-state index >= 15 is 0 Å². The smallest absolute Gasteiger partial charge is 0.196 e. The van der Waals surface area contributed by atoms with Crippen LogP contribution >= 0.6 is 23.1 Å². The van der Waals surface area contributed by atoms with Crippen molar-refractivity contribution in [3.63, 3.8) is 0 Å². The van der Waals surface area contributed by atoms with Crippen LogP contribution in [0.25, 0.3) is 22.1 Å². The van der Waals surface area contributed by atoms with Gasteiger partial charge >= 0.3 is 0 Å². The van der Waals surface area contributed by atoms with E-state index in [1.165, 1.54) is 11.8 Å². The zero-order chi connectivity index (χ0) is 22.8. The summed E-state index contributed by atoms with van der Waals surface area (Å²) in [6.07, 6.45) is 0. The van der Waals surface area contributed by atoms with Crippen molar-refractivity contribution in [1.29, 1.82) is 0 Å². The number of ketones is 1. The summed E-state index contributed by atoms with van der Waals surface area (Å²) in [4.78, 5) is 14.3. The average Bonchev–Trinajstić information content (AvgIpc) is 3.57. The molecule has 0 fully saturated rings. The first-order valence-electron chi connectivity index (χ1n) is 10.6. The molecule has 164 valence electrons. The Hall–Kier alpha value is -3.42. The Morgan fingerprint density at radius 1 is 0.879 bits per heavy atom. The van der Waals surface area contributed by atoms with Gasteiger partial charge in [0.15, 0.2) is 16.8 Å². The van der Waals surface area contributed by atoms with Crippen LogP contribution in [0.5, 0.6) is 0 Å². The Labute approximate surface area is 200 Å². The molecular weight excluding hydrogens is 448 g/mol. The largest absolute Gasteiger partial charge is 0.318 e. The molecule has 0 radical (unpaired) electrons. The molecule has 3 aromatic heterocycles. The number of benzene rings is 2. The van der Waals surface area contributed by atoms with Crippen LogP contribution in [0.2, 0.25) is 0 Å². The second-order valence-electron chi connectivity index (χ2n) is 7.62. The van der Waals surface area contributed by atoms with Crippen molar-refractivity contribution in [2.75, 3.05) is 5.75 Å². The van der Waals surface area contributed by atoms with Crippen LogP contribution < -0.4 is 0 Å². The van der Waals surface area contributed by atoms with Crippen LogP contribution in [-0.4, -0.2) is 30.9 Å². The molecular formula is C26H22N4OS2. The van der Waals surface area contributed by atoms with Gasteiger partial charge < -0.3 is 4.57 Å². The van der Waals surface area contributed by atoms with Crippen LogP contribution in [0.15, 0.2) is 89.4 Å². The molecule has 0 unspecified atom stereocenters. The van der Waals surface area contributed by atoms with E-state index in [-0.39, 0.29) is 11.5 Å². The normalized spacial score (nSPS) is 11.1. The first-order valence-corrected chi connectivity index (χ1v) is 12.4. The summed E-state index contributed by atoms with van der Waals surface area (Å²) in [5.74, 6) is 1.15. The summed E-state index contributed by atoms with van der Waals surface area (Å²) in [7, 11) is 0. The van der Waals surface area contributed by atoms with Crippen molar-refractivity contribution in [3.8, 4) is 22.1 Å². The monoisotopic (exact) mass is 470 g/mol. The van der Waals surface area contributed by atoms with Gasteiger partial charge in [-0.2, -0.15) is 0 Å². The standard InChI is InChI=1S/C26H22N4OS2/c1-18-16-22(19(2)29(18)20-10-5-3-6-11-20)23(31)17-33-26-28-27-25(24-14-9-15-32-24)30(26)21-12-7-4-8-13-21/h3-16H,17H2,1-2H3. The quantitative estimate of drug-likeness (QED) is 0.205. The van der Waals surface area contributed by atoms with E-state index < -0.39 is 0 Å². The van der Waals surface area contributed by atoms with E-state index in [4.69, 9.17) is 0 Å². The number of thioether (sulfide) groups is 1. The third-order valence-electron chi connectivity index (χ3n) is 5.47. The zero-order valence-electron chi connectivity index (χ0n) is 18.3. The van der Waals surface area contributed by atoms with E-state index in [2.05, 4.69) is 26.9 Å². The van der Waals surface area contributed by atoms with E-state index in [0.717, 1.165) is 39.0 Å². The van der Waals surface area contributed by atoms with Gasteiger partial charge in [-0.05, 0) is 55.6 Å². The van der Waals surface area contributed by atoms with Crippen molar-refractivity contribution in [3.05, 3.63) is 101 Å². The highest BCUT2D eigenvalue weighted by Gasteiger charge is 2.20. The molecule has 0 saturated carbocycles. The summed E-state index contributed by atoms with van der Waals surface area (Å²) in [6, 6.07) is 26.1. The summed E-state index contributed by atoms with van der Waals surface area (Å²) >= 11 is 3.04. The average molecular weight is 471 g/mol. The maximum atomic E-state index is 13.2. The van der Waals surface area contributed by atoms with Crippen molar-refractivity contribution < 1.29 is 4.79 Å². The highest BCUT2D eigenvalue weighted by Crippen LogP contribution is 2.31. The zero-order valence-corrected chi connectivity index (χ0v) is 19.9. The van der Waals surface area contributed by atoms with Gasteiger partial charge in [0, 0.05) is 28.3 Å². The summed E-state index contributed by atoms with van der Waals surface area (Å²) in [6.45, 7) is 4.03. The Morgan fingerprint density at radius 2 is 1.55 bits per heavy atom. The minimum Gasteiger partial charge on any atom is -0.318 e. The summed E-state index contributed by atoms with van der Waals surface area (Å²) in [5.41, 5.74) is 4.77. The second kappa shape index (κ2) is 9.21. The van der Waals surface area contributed by atoms with E-state index in [1.54, 1.807) is 11.3 Å². The van der Waals surface area contributed by atoms with Crippen LogP contribution in [0, 0.1) is 13.8 Å². The first-order chi connectivity index (χ1) is 16.1. The van der Waals surface area contributed by atoms with Gasteiger partial charge in [0.1, 0.15) is 0 Å². The SMILES string of the molecule is Cc1cc(C(=O)CSc2nnc(-c3cccs3)n2-c2ccccc2)c(C)n1-c1ccccc1. The molecule has 5 aromatic rings. The molecule has 0 bridgehead atoms. The van der Waals surface area contributed by atoms with Gasteiger partial charge in [0.05, 0.1) is 10.6 Å². The lowest BCUT2D eigenvalue weighted by atomic mass is 10.2. The maximum absolute atomic E-state index is 13.2. The van der Waals surface area contributed by atoms with Gasteiger partial charge in [-0.25, -0.2) is 0 Å². The molecule has 0 atom stereocenters. The number of para-hydroxylation sites is 2. The van der Waals surface area contributed by atoms with Gasteiger partial charge in [-0.15, -0.1) is 21.5 Å². The number of hydrogen-bond donors (Lipinski definition) is 0. The fourth-order valence-corrected chi connectivity index (χ4v) is 5.50. The van der Waals surface area contributed by atoms with Crippen LogP contribution in [0.4, 0.5) is 0 Å². The van der Waals surface area contributed by atoms with Gasteiger partial charge in [0.25, 0.3) is 0 Å². The molecule has 0 aliphatic rings. The van der Waals surface area contributed by atoms with Crippen molar-refractivity contribution in [1.82, 2.24) is 19.3 Å². The Balaban J connectivity index is 1.43. The van der Waals surface area contributed by atoms with E-state index in [1.807, 2.05) is 90.5 Å². The Bertz CT molecular complexity index is 1390. The lowest BCUT2D eigenvalue weighted by Crippen LogP contribution is -2.07. The van der Waals surface area contributed by atoms with Crippen molar-refractivity contribution >= 4 is 28.9 Å². The van der Waals surface area contributed by atoms with Crippen LogP contribution in [0.1, 0.15) is 21.7 Å². The molecule has 0 amide bonds. The number of carbonyl (C=O) groups is 1. The number of hydrogen-bond acceptors (Lipinski definition) is 5. The Kier molecular flexibility index (Phi) is 5.98. The number of aromatic nitrogens is 4. The molecule has 5 rings (SSSR count). The lowest BCUT2D eigenvalue weighted by molar-refractivity contribution is 0.102. The molecule has 3 heterocycles. The number of rotatable bonds is 7. The fourth-order valence-electron chi connectivity index (χ4n) is 3.97. The number of carbonyl (C=O) groups excluding carboxylic acids is 1. The highest BCUT2D eigenvalue weighted by atomic mass is 32.2. The van der Waals surface area contributed by atoms with Crippen molar-refractivity contribution in [2.24, 2.45) is 0 Å². The van der Waals surface area contributed by atoms with E-state index in [0.29, 0.717) is 5.16 Å². The molecule has 0 spiro atoms. The Morgan fingerprint density at radius 3 is 2.18 bits per heavy atom. The topological polar surface area (TPSA) is 52.7 Å². The molecule has 33 heavy (non-hydrogen) atoms. The van der Waals surface area contributed by atoms with Gasteiger partial charge in [-0.3, -0.25) is 9.36 Å². The number of nitrogens with zero attached hydrogens (tertiary/aromatic N) is 4. The minimum absolute atomic E-state index is 0.0792. The first kappa shape index (κ1) is 21.4. The molecule has 7 heteroatoms. The molecule has 0 saturated heterocycles. The lowest BCUT2D eigenvalue weighted by Gasteiger charge is -2.10. The molecule has 0 aliphatic carbocycles. The van der Waals surface area contributed by atoms with E-state index in [9.17, 15) is 4.79 Å². The molecule has 5 nitrogen and oxygen atoms in total. The second-order valence-corrected chi connectivity index (χ2v) is 9.51. The molecule has 2 aromatic carbocycles. The summed E-state index contributed by atoms with van der Waals surface area (Å²) < 4.78 is 4.15. The predicted octanol–water partition coefficient (Wildman–Crippen LogP) is 6.38. The van der Waals surface area contributed by atoms with Gasteiger partial charge in [0.2, 0.25) is 0 Å². The number of Topliss-reactive ketones (excluding diaryl/α,β-unsaturated/α-hetero) is 1. The third-order valence-corrected chi connectivity index (χ3v) is 7.26. The van der Waals surface area contributed by atoms with Crippen LogP contribution in [-0.2, 0) is 0 Å². The number of aryl methyl sites for hydroxylation is 1. The highest BCUT2D eigenvalue weighted by molar-refractivity contribution is 7.99. The maximum Gasteiger partial charge on any atom is 0.196 e. The number of thiophene rings is 1. The van der Waals surface area contributed by atoms with Crippen molar-refractivity contribution in [2.45, 2.75) is 19.0 Å². The third kappa shape index (κ3) is 4.17. The van der Waals surface area contributed by atoms with Crippen LogP contribution in [0.3, 0.4) is 0 Å². The molecule has 0 N–H and O–H groups in total. The predicted molar refractivity (Wildman–Crippen MR) is 135 cm³/mol. The molecule has 0 aliphatic heterocycles. The van der Waals surface area contributed by atoms with Gasteiger partial charge in [-0.1, -0.05) is 54.2 Å².